The Kier molecular flexibility index (Phi) is 6.82. The van der Waals surface area contributed by atoms with Crippen molar-refractivity contribution in [3.05, 3.63) is 70.8 Å². The molecular weight excluding hydrogens is 462 g/mol. The van der Waals surface area contributed by atoms with Crippen LogP contribution >= 0.6 is 11.3 Å². The molecule has 0 bridgehead atoms. The summed E-state index contributed by atoms with van der Waals surface area (Å²) in [6.07, 6.45) is 1.39. The van der Waals surface area contributed by atoms with Crippen LogP contribution in [0.5, 0.6) is 0 Å². The van der Waals surface area contributed by atoms with Crippen LogP contribution < -0.4 is 10.0 Å². The second-order valence-electron chi connectivity index (χ2n) is 7.71. The predicted octanol–water partition coefficient (Wildman–Crippen LogP) is 2.70. The molecular formula is C22H23N5O4S2. The highest BCUT2D eigenvalue weighted by Crippen LogP contribution is 2.22. The number of hydrogen-bond donors (Lipinski definition) is 2. The maximum Gasteiger partial charge on any atom is 0.270 e. The summed E-state index contributed by atoms with van der Waals surface area (Å²) in [5.41, 5.74) is 3.04. The summed E-state index contributed by atoms with van der Waals surface area (Å²) in [5, 5.41) is 10.2. The van der Waals surface area contributed by atoms with Gasteiger partial charge in [-0.1, -0.05) is 53.3 Å². The predicted molar refractivity (Wildman–Crippen MR) is 124 cm³/mol. The Bertz CT molecular complexity index is 1290. The summed E-state index contributed by atoms with van der Waals surface area (Å²) in [4.78, 5) is 26.1. The van der Waals surface area contributed by atoms with E-state index in [2.05, 4.69) is 20.2 Å². The van der Waals surface area contributed by atoms with Gasteiger partial charge in [0.05, 0.1) is 0 Å². The summed E-state index contributed by atoms with van der Waals surface area (Å²) in [5.74, 6) is -0.281. The number of carbonyl (C=O) groups is 2. The molecule has 2 heterocycles. The monoisotopic (exact) mass is 485 g/mol. The van der Waals surface area contributed by atoms with Crippen molar-refractivity contribution in [2.75, 3.05) is 11.9 Å². The molecule has 2 aromatic carbocycles. The molecule has 1 saturated heterocycles. The normalized spacial score (nSPS) is 14.0. The lowest BCUT2D eigenvalue weighted by molar-refractivity contribution is -0.128. The van der Waals surface area contributed by atoms with Crippen molar-refractivity contribution in [2.45, 2.75) is 37.2 Å². The number of nitrogens with zero attached hydrogens (tertiary/aromatic N) is 3. The highest BCUT2D eigenvalue weighted by atomic mass is 32.2. The van der Waals surface area contributed by atoms with Gasteiger partial charge in [-0.05, 0) is 36.6 Å². The van der Waals surface area contributed by atoms with Crippen molar-refractivity contribution in [3.8, 4) is 0 Å². The fraction of sp³-hybridized carbons (Fsp3) is 0.273. The number of amides is 2. The fourth-order valence-electron chi connectivity index (χ4n) is 3.52. The van der Waals surface area contributed by atoms with Gasteiger partial charge in [-0.3, -0.25) is 14.9 Å². The van der Waals surface area contributed by atoms with Gasteiger partial charge >= 0.3 is 0 Å². The van der Waals surface area contributed by atoms with Gasteiger partial charge in [0.15, 0.2) is 0 Å². The molecule has 0 spiro atoms. The first-order valence-corrected chi connectivity index (χ1v) is 12.7. The minimum atomic E-state index is -3.94. The molecule has 2 amide bonds. The molecule has 1 aromatic heterocycles. The van der Waals surface area contributed by atoms with E-state index >= 15 is 0 Å². The zero-order chi connectivity index (χ0) is 23.4. The van der Waals surface area contributed by atoms with Crippen LogP contribution in [0.15, 0.2) is 52.9 Å². The SMILES string of the molecule is Cc1cccc(C(=O)Nc2nnc(S(=O)(=O)NCc3ccccc3CN3CCCC3=O)s2)c1. The lowest BCUT2D eigenvalue weighted by Gasteiger charge is -2.18. The van der Waals surface area contributed by atoms with E-state index in [4.69, 9.17) is 0 Å². The molecule has 9 nitrogen and oxygen atoms in total. The molecule has 0 radical (unpaired) electrons. The lowest BCUT2D eigenvalue weighted by Crippen LogP contribution is -2.27. The zero-order valence-electron chi connectivity index (χ0n) is 17.9. The molecule has 1 fully saturated rings. The smallest absolute Gasteiger partial charge is 0.270 e. The first-order valence-electron chi connectivity index (χ1n) is 10.4. The molecule has 33 heavy (non-hydrogen) atoms. The van der Waals surface area contributed by atoms with Crippen molar-refractivity contribution >= 4 is 38.3 Å². The highest BCUT2D eigenvalue weighted by molar-refractivity contribution is 7.91. The summed E-state index contributed by atoms with van der Waals surface area (Å²) in [7, 11) is -3.94. The van der Waals surface area contributed by atoms with Gasteiger partial charge < -0.3 is 4.90 Å². The van der Waals surface area contributed by atoms with E-state index in [1.165, 1.54) is 0 Å². The topological polar surface area (TPSA) is 121 Å². The number of benzene rings is 2. The van der Waals surface area contributed by atoms with Crippen LogP contribution in [0.25, 0.3) is 0 Å². The Labute approximate surface area is 195 Å². The van der Waals surface area contributed by atoms with E-state index in [0.29, 0.717) is 25.1 Å². The number of aryl methyl sites for hydroxylation is 1. The number of sulfonamides is 1. The largest absolute Gasteiger partial charge is 0.338 e. The lowest BCUT2D eigenvalue weighted by atomic mass is 10.1. The zero-order valence-corrected chi connectivity index (χ0v) is 19.6. The number of rotatable bonds is 8. The molecule has 1 aliphatic rings. The van der Waals surface area contributed by atoms with E-state index in [9.17, 15) is 18.0 Å². The summed E-state index contributed by atoms with van der Waals surface area (Å²) >= 11 is 0.775. The molecule has 4 rings (SSSR count). The van der Waals surface area contributed by atoms with Crippen LogP contribution in [0.2, 0.25) is 0 Å². The van der Waals surface area contributed by atoms with Crippen LogP contribution in [0.1, 0.15) is 39.9 Å². The van der Waals surface area contributed by atoms with Gasteiger partial charge in [0, 0.05) is 31.6 Å². The third kappa shape index (κ3) is 5.62. The van der Waals surface area contributed by atoms with Crippen LogP contribution in [-0.2, 0) is 27.9 Å². The van der Waals surface area contributed by atoms with Gasteiger partial charge in [0.25, 0.3) is 15.9 Å². The Balaban J connectivity index is 1.41. The molecule has 1 aliphatic heterocycles. The second-order valence-corrected chi connectivity index (χ2v) is 10.6. The van der Waals surface area contributed by atoms with Gasteiger partial charge in [0.2, 0.25) is 15.4 Å². The van der Waals surface area contributed by atoms with Gasteiger partial charge in [-0.25, -0.2) is 13.1 Å². The summed E-state index contributed by atoms with van der Waals surface area (Å²) in [6, 6.07) is 14.4. The molecule has 3 aromatic rings. The molecule has 0 unspecified atom stereocenters. The quantitative estimate of drug-likeness (QED) is 0.473. The average Bonchev–Trinajstić information content (AvgIpc) is 3.43. The van der Waals surface area contributed by atoms with Gasteiger partial charge in [-0.15, -0.1) is 10.2 Å². The van der Waals surface area contributed by atoms with Crippen LogP contribution in [0, 0.1) is 6.92 Å². The van der Waals surface area contributed by atoms with Crippen molar-refractivity contribution in [1.82, 2.24) is 19.8 Å². The number of likely N-dealkylation sites (tertiary alicyclic amines) is 1. The van der Waals surface area contributed by atoms with Crippen molar-refractivity contribution in [2.24, 2.45) is 0 Å². The summed E-state index contributed by atoms with van der Waals surface area (Å²) in [6.45, 7) is 3.08. The fourth-order valence-corrected chi connectivity index (χ4v) is 5.46. The average molecular weight is 486 g/mol. The number of anilines is 1. The maximum atomic E-state index is 12.7. The van der Waals surface area contributed by atoms with Gasteiger partial charge in [0.1, 0.15) is 0 Å². The maximum absolute atomic E-state index is 12.7. The molecule has 11 heteroatoms. The first-order chi connectivity index (χ1) is 15.8. The van der Waals surface area contributed by atoms with Crippen molar-refractivity contribution in [1.29, 1.82) is 0 Å². The van der Waals surface area contributed by atoms with Crippen LogP contribution in [0.4, 0.5) is 5.13 Å². The Morgan fingerprint density at radius 1 is 1.12 bits per heavy atom. The van der Waals surface area contributed by atoms with E-state index in [-0.39, 0.29) is 21.9 Å². The first kappa shape index (κ1) is 23.0. The Hall–Kier alpha value is -3.15. The molecule has 172 valence electrons. The standard InChI is InChI=1S/C22H23N5O4S2/c1-15-6-4-9-16(12-15)20(29)24-21-25-26-22(32-21)33(30,31)23-13-17-7-2-3-8-18(17)14-27-11-5-10-19(27)28/h2-4,6-9,12,23H,5,10-11,13-14H2,1H3,(H,24,25,29). The number of aromatic nitrogens is 2. The van der Waals surface area contributed by atoms with Crippen molar-refractivity contribution in [3.63, 3.8) is 0 Å². The number of nitrogens with one attached hydrogen (secondary N) is 2. The highest BCUT2D eigenvalue weighted by Gasteiger charge is 2.23. The molecule has 0 saturated carbocycles. The number of hydrogen-bond acceptors (Lipinski definition) is 7. The third-order valence-electron chi connectivity index (χ3n) is 5.24. The molecule has 0 aliphatic carbocycles. The van der Waals surface area contributed by atoms with E-state index in [1.807, 2.05) is 37.3 Å². The Morgan fingerprint density at radius 2 is 1.91 bits per heavy atom. The van der Waals surface area contributed by atoms with Crippen molar-refractivity contribution < 1.29 is 18.0 Å². The minimum absolute atomic E-state index is 0.0467. The summed E-state index contributed by atoms with van der Waals surface area (Å²) < 4.78 is 27.8. The van der Waals surface area contributed by atoms with Crippen LogP contribution in [-0.4, -0.2) is 41.9 Å². The third-order valence-corrected chi connectivity index (χ3v) is 7.85. The van der Waals surface area contributed by atoms with E-state index in [1.54, 1.807) is 23.1 Å². The Morgan fingerprint density at radius 3 is 2.64 bits per heavy atom. The molecule has 2 N–H and O–H groups in total. The van der Waals surface area contributed by atoms with Gasteiger partial charge in [-0.2, -0.15) is 0 Å². The van der Waals surface area contributed by atoms with E-state index < -0.39 is 15.9 Å². The van der Waals surface area contributed by atoms with E-state index in [0.717, 1.165) is 34.4 Å². The minimum Gasteiger partial charge on any atom is -0.338 e. The second kappa shape index (κ2) is 9.77. The number of carbonyl (C=O) groups excluding carboxylic acids is 2. The van der Waals surface area contributed by atoms with Crippen LogP contribution in [0.3, 0.4) is 0 Å². The molecule has 0 atom stereocenters.